The molecule has 0 aromatic heterocycles. The number of amides is 1. The number of halogens is 3. The summed E-state index contributed by atoms with van der Waals surface area (Å²) in [5.74, 6) is -0.507. The number of nitro benzene ring substituents is 1. The van der Waals surface area contributed by atoms with Crippen LogP contribution in [0.15, 0.2) is 18.2 Å². The Kier molecular flexibility index (Phi) is 4.34. The Morgan fingerprint density at radius 3 is 2.35 bits per heavy atom. The third kappa shape index (κ3) is 3.29. The molecule has 6 nitrogen and oxygen atoms in total. The Morgan fingerprint density at radius 1 is 1.35 bits per heavy atom. The number of rotatable bonds is 2. The fourth-order valence-electron chi connectivity index (χ4n) is 2.54. The summed E-state index contributed by atoms with van der Waals surface area (Å²) in [4.78, 5) is 23.7. The molecular formula is C14H15F3N2O4. The van der Waals surface area contributed by atoms with Crippen molar-refractivity contribution in [2.75, 3.05) is 13.1 Å². The molecule has 1 fully saturated rings. The highest BCUT2D eigenvalue weighted by Gasteiger charge is 2.54. The number of hydrogen-bond donors (Lipinski definition) is 1. The van der Waals surface area contributed by atoms with Gasteiger partial charge in [0.05, 0.1) is 4.92 Å². The van der Waals surface area contributed by atoms with Crippen molar-refractivity contribution in [3.8, 4) is 0 Å². The van der Waals surface area contributed by atoms with Crippen LogP contribution in [0.4, 0.5) is 18.9 Å². The van der Waals surface area contributed by atoms with Crippen molar-refractivity contribution in [2.24, 2.45) is 0 Å². The second kappa shape index (κ2) is 5.80. The first-order valence-electron chi connectivity index (χ1n) is 6.88. The molecule has 1 aliphatic heterocycles. The van der Waals surface area contributed by atoms with E-state index in [9.17, 15) is 33.2 Å². The lowest BCUT2D eigenvalue weighted by molar-refractivity contribution is -0.385. The first-order chi connectivity index (χ1) is 10.5. The van der Waals surface area contributed by atoms with E-state index in [2.05, 4.69) is 0 Å². The van der Waals surface area contributed by atoms with Gasteiger partial charge in [0, 0.05) is 43.1 Å². The minimum absolute atomic E-state index is 0.133. The lowest BCUT2D eigenvalue weighted by Gasteiger charge is -2.39. The summed E-state index contributed by atoms with van der Waals surface area (Å²) in [6.45, 7) is 1.02. The number of aryl methyl sites for hydroxylation is 1. The van der Waals surface area contributed by atoms with Crippen LogP contribution in [0.2, 0.25) is 0 Å². The molecule has 1 heterocycles. The van der Waals surface area contributed by atoms with Gasteiger partial charge in [-0.1, -0.05) is 0 Å². The summed E-state index contributed by atoms with van der Waals surface area (Å²) < 4.78 is 38.2. The fourth-order valence-corrected chi connectivity index (χ4v) is 2.54. The number of carbonyl (C=O) groups excluding carboxylic acids is 1. The molecular weight excluding hydrogens is 317 g/mol. The van der Waals surface area contributed by atoms with E-state index in [0.717, 1.165) is 0 Å². The molecule has 0 aliphatic carbocycles. The summed E-state index contributed by atoms with van der Waals surface area (Å²) in [5.41, 5.74) is -2.43. The van der Waals surface area contributed by atoms with Gasteiger partial charge in [-0.05, 0) is 19.1 Å². The number of piperidine rings is 1. The van der Waals surface area contributed by atoms with Crippen LogP contribution < -0.4 is 0 Å². The molecule has 1 amide bonds. The van der Waals surface area contributed by atoms with Crippen molar-refractivity contribution in [3.63, 3.8) is 0 Å². The quantitative estimate of drug-likeness (QED) is 0.666. The van der Waals surface area contributed by atoms with Gasteiger partial charge < -0.3 is 10.0 Å². The van der Waals surface area contributed by atoms with Gasteiger partial charge in [0.25, 0.3) is 11.6 Å². The molecule has 23 heavy (non-hydrogen) atoms. The van der Waals surface area contributed by atoms with Crippen molar-refractivity contribution in [1.82, 2.24) is 4.90 Å². The van der Waals surface area contributed by atoms with Crippen LogP contribution in [0.5, 0.6) is 0 Å². The van der Waals surface area contributed by atoms with E-state index >= 15 is 0 Å². The van der Waals surface area contributed by atoms with E-state index in [1.54, 1.807) is 0 Å². The maximum absolute atomic E-state index is 12.7. The Hall–Kier alpha value is -2.16. The molecule has 126 valence electrons. The zero-order valence-corrected chi connectivity index (χ0v) is 12.3. The molecule has 0 bridgehead atoms. The van der Waals surface area contributed by atoms with Gasteiger partial charge >= 0.3 is 6.18 Å². The van der Waals surface area contributed by atoms with Crippen molar-refractivity contribution in [2.45, 2.75) is 31.5 Å². The number of nitro groups is 1. The predicted octanol–water partition coefficient (Wildman–Crippen LogP) is 2.43. The van der Waals surface area contributed by atoms with Gasteiger partial charge in [-0.3, -0.25) is 14.9 Å². The molecule has 1 aliphatic rings. The lowest BCUT2D eigenvalue weighted by atomic mass is 9.90. The summed E-state index contributed by atoms with van der Waals surface area (Å²) in [6.07, 6.45) is -5.91. The van der Waals surface area contributed by atoms with Gasteiger partial charge in [-0.15, -0.1) is 0 Å². The van der Waals surface area contributed by atoms with Crippen LogP contribution in [0, 0.1) is 17.0 Å². The molecule has 0 unspecified atom stereocenters. The summed E-state index contributed by atoms with van der Waals surface area (Å²) >= 11 is 0. The van der Waals surface area contributed by atoms with Gasteiger partial charge in [0.1, 0.15) is 0 Å². The number of alkyl halides is 3. The zero-order chi connectivity index (χ0) is 17.4. The van der Waals surface area contributed by atoms with Crippen LogP contribution in [-0.4, -0.2) is 45.7 Å². The second-order valence-electron chi connectivity index (χ2n) is 5.58. The maximum Gasteiger partial charge on any atom is 0.417 e. The van der Waals surface area contributed by atoms with E-state index in [4.69, 9.17) is 0 Å². The average Bonchev–Trinajstić information content (AvgIpc) is 2.45. The standard InChI is InChI=1S/C14H15F3N2O4/c1-9-8-10(2-3-11(9)19(22)23)12(20)18-6-4-13(21,5-7-18)14(15,16)17/h2-3,8,21H,4-7H2,1H3. The highest BCUT2D eigenvalue weighted by molar-refractivity contribution is 5.94. The molecule has 1 saturated heterocycles. The van der Waals surface area contributed by atoms with Crippen molar-refractivity contribution >= 4 is 11.6 Å². The number of benzene rings is 1. The van der Waals surface area contributed by atoms with Crippen molar-refractivity contribution < 1.29 is 28.0 Å². The Bertz CT molecular complexity index is 637. The maximum atomic E-state index is 12.7. The number of nitrogens with zero attached hydrogens (tertiary/aromatic N) is 2. The monoisotopic (exact) mass is 332 g/mol. The second-order valence-corrected chi connectivity index (χ2v) is 5.58. The third-order valence-corrected chi connectivity index (χ3v) is 4.05. The van der Waals surface area contributed by atoms with E-state index < -0.39 is 35.4 Å². The zero-order valence-electron chi connectivity index (χ0n) is 12.3. The summed E-state index contributed by atoms with van der Waals surface area (Å²) in [5, 5.41) is 20.3. The number of likely N-dealkylation sites (tertiary alicyclic amines) is 1. The Balaban J connectivity index is 2.12. The molecule has 1 aromatic carbocycles. The molecule has 0 atom stereocenters. The molecule has 0 saturated carbocycles. The van der Waals surface area contributed by atoms with E-state index in [0.29, 0.717) is 5.56 Å². The number of carbonyl (C=O) groups is 1. The fraction of sp³-hybridized carbons (Fsp3) is 0.500. The van der Waals surface area contributed by atoms with Gasteiger partial charge in [-0.25, -0.2) is 0 Å². The van der Waals surface area contributed by atoms with E-state index in [1.807, 2.05) is 0 Å². The molecule has 1 N–H and O–H groups in total. The highest BCUT2D eigenvalue weighted by atomic mass is 19.4. The Morgan fingerprint density at radius 2 is 1.91 bits per heavy atom. The number of hydrogen-bond acceptors (Lipinski definition) is 4. The molecule has 9 heteroatoms. The predicted molar refractivity (Wildman–Crippen MR) is 74.0 cm³/mol. The smallest absolute Gasteiger partial charge is 0.380 e. The van der Waals surface area contributed by atoms with Crippen molar-refractivity contribution in [1.29, 1.82) is 0 Å². The van der Waals surface area contributed by atoms with E-state index in [-0.39, 0.29) is 24.3 Å². The number of aliphatic hydroxyl groups is 1. The summed E-state index contributed by atoms with van der Waals surface area (Å²) in [6, 6.07) is 3.81. The topological polar surface area (TPSA) is 83.7 Å². The molecule has 2 rings (SSSR count). The van der Waals surface area contributed by atoms with Crippen LogP contribution in [0.1, 0.15) is 28.8 Å². The van der Waals surface area contributed by atoms with Gasteiger partial charge in [-0.2, -0.15) is 13.2 Å². The summed E-state index contributed by atoms with van der Waals surface area (Å²) in [7, 11) is 0. The molecule has 1 aromatic rings. The average molecular weight is 332 g/mol. The van der Waals surface area contributed by atoms with Crippen LogP contribution in [-0.2, 0) is 0 Å². The first kappa shape index (κ1) is 17.2. The molecule has 0 radical (unpaired) electrons. The minimum Gasteiger partial charge on any atom is -0.380 e. The molecule has 0 spiro atoms. The highest BCUT2D eigenvalue weighted by Crippen LogP contribution is 2.38. The third-order valence-electron chi connectivity index (χ3n) is 4.05. The van der Waals surface area contributed by atoms with Crippen LogP contribution >= 0.6 is 0 Å². The Labute approximate surface area is 129 Å². The SMILES string of the molecule is Cc1cc(C(=O)N2CCC(O)(C(F)(F)F)CC2)ccc1[N+](=O)[O-]. The van der Waals surface area contributed by atoms with Gasteiger partial charge in [0.15, 0.2) is 5.60 Å². The van der Waals surface area contributed by atoms with Crippen LogP contribution in [0.3, 0.4) is 0 Å². The first-order valence-corrected chi connectivity index (χ1v) is 6.88. The van der Waals surface area contributed by atoms with Crippen molar-refractivity contribution in [3.05, 3.63) is 39.4 Å². The largest absolute Gasteiger partial charge is 0.417 e. The lowest BCUT2D eigenvalue weighted by Crippen LogP contribution is -2.54. The normalized spacial score (nSPS) is 17.9. The van der Waals surface area contributed by atoms with E-state index in [1.165, 1.54) is 30.0 Å². The minimum atomic E-state index is -4.73. The van der Waals surface area contributed by atoms with Gasteiger partial charge in [0.2, 0.25) is 0 Å². The van der Waals surface area contributed by atoms with Crippen LogP contribution in [0.25, 0.3) is 0 Å².